The Morgan fingerprint density at radius 1 is 1.23 bits per heavy atom. The largest absolute Gasteiger partial charge is 0.368 e. The van der Waals surface area contributed by atoms with E-state index < -0.39 is 47.1 Å². The lowest BCUT2D eigenvalue weighted by atomic mass is 9.85. The van der Waals surface area contributed by atoms with Crippen molar-refractivity contribution >= 4 is 25.6 Å². The van der Waals surface area contributed by atoms with Gasteiger partial charge in [-0.25, -0.2) is 16.8 Å². The summed E-state index contributed by atoms with van der Waals surface area (Å²) in [5.41, 5.74) is 0.0606. The lowest BCUT2D eigenvalue weighted by Gasteiger charge is -2.53. The molecule has 1 fully saturated rings. The van der Waals surface area contributed by atoms with E-state index in [1.165, 1.54) is 18.9 Å². The maximum atomic E-state index is 12.7. The third kappa shape index (κ3) is 2.21. The number of allylic oxidation sites excluding steroid dienone is 1. The van der Waals surface area contributed by atoms with Gasteiger partial charge in [-0.05, 0) is 12.5 Å². The van der Waals surface area contributed by atoms with Crippen LogP contribution in [0.3, 0.4) is 0 Å². The van der Waals surface area contributed by atoms with Gasteiger partial charge in [0.1, 0.15) is 0 Å². The van der Waals surface area contributed by atoms with Gasteiger partial charge in [0.05, 0.1) is 0 Å². The fourth-order valence-electron chi connectivity index (χ4n) is 3.40. The molecule has 0 bridgehead atoms. The van der Waals surface area contributed by atoms with Crippen LogP contribution in [0.25, 0.3) is 0 Å². The van der Waals surface area contributed by atoms with Crippen LogP contribution >= 0.6 is 0 Å². The van der Waals surface area contributed by atoms with Crippen LogP contribution in [0, 0.1) is 5.41 Å². The van der Waals surface area contributed by atoms with Crippen molar-refractivity contribution in [2.24, 2.45) is 5.41 Å². The number of β-lactam (4-membered cyclic amide) rings is 1. The van der Waals surface area contributed by atoms with E-state index in [1.807, 2.05) is 20.8 Å². The molecular formula is C13H21NO6S2. The van der Waals surface area contributed by atoms with Gasteiger partial charge >= 0.3 is 0 Å². The summed E-state index contributed by atoms with van der Waals surface area (Å²) in [4.78, 5) is 13.4. The Hall–Kier alpha value is -0.930. The second kappa shape index (κ2) is 4.78. The number of nitrogens with zero attached hydrogens (tertiary/aromatic N) is 1. The standard InChI is InChI=1S/C13H21NO6S2/c1-7-9(13(2,3)4)14-10(15)8(20-5)11(14)22(18,19)12(7)21(6,16)17/h8,11-12H,1-6H3/t8-,11-,12?/m0/s1. The highest BCUT2D eigenvalue weighted by Gasteiger charge is 2.64. The minimum absolute atomic E-state index is 0.189. The molecule has 0 radical (unpaired) electrons. The first kappa shape index (κ1) is 17.4. The highest BCUT2D eigenvalue weighted by atomic mass is 32.3. The number of amides is 1. The summed E-state index contributed by atoms with van der Waals surface area (Å²) in [5.74, 6) is -0.452. The van der Waals surface area contributed by atoms with Gasteiger partial charge in [-0.15, -0.1) is 0 Å². The van der Waals surface area contributed by atoms with Crippen LogP contribution in [-0.2, 0) is 29.2 Å². The molecule has 126 valence electrons. The zero-order valence-corrected chi connectivity index (χ0v) is 15.1. The SMILES string of the molecule is CO[C@H]1C(=O)N2C(C(C)(C)C)=C(C)C(S(C)(=O)=O)S(=O)(=O)[C@@H]12. The lowest BCUT2D eigenvalue weighted by Crippen LogP contribution is -2.72. The number of ether oxygens (including phenoxy) is 1. The Kier molecular flexibility index (Phi) is 3.79. The summed E-state index contributed by atoms with van der Waals surface area (Å²) < 4.78 is 53.0. The van der Waals surface area contributed by atoms with E-state index in [2.05, 4.69) is 0 Å². The zero-order valence-electron chi connectivity index (χ0n) is 13.4. The van der Waals surface area contributed by atoms with Crippen LogP contribution in [-0.4, -0.2) is 57.1 Å². The van der Waals surface area contributed by atoms with Crippen LogP contribution in [0.4, 0.5) is 0 Å². The summed E-state index contributed by atoms with van der Waals surface area (Å²) in [6.45, 7) is 6.90. The highest BCUT2D eigenvalue weighted by Crippen LogP contribution is 2.47. The van der Waals surface area contributed by atoms with Gasteiger partial charge < -0.3 is 4.74 Å². The van der Waals surface area contributed by atoms with Crippen LogP contribution in [0.5, 0.6) is 0 Å². The molecule has 2 aliphatic rings. The number of rotatable bonds is 2. The molecule has 0 aromatic heterocycles. The van der Waals surface area contributed by atoms with E-state index in [1.54, 1.807) is 0 Å². The van der Waals surface area contributed by atoms with Gasteiger partial charge in [0.15, 0.2) is 35.7 Å². The summed E-state index contributed by atoms with van der Waals surface area (Å²) >= 11 is 0. The Labute approximate surface area is 131 Å². The van der Waals surface area contributed by atoms with Gasteiger partial charge in [0.25, 0.3) is 5.91 Å². The molecule has 0 aromatic rings. The molecule has 2 heterocycles. The first-order valence-corrected chi connectivity index (χ1v) is 10.3. The molecule has 1 saturated heterocycles. The van der Waals surface area contributed by atoms with E-state index in [-0.39, 0.29) is 5.57 Å². The van der Waals surface area contributed by atoms with Crippen molar-refractivity contribution < 1.29 is 26.4 Å². The molecule has 1 amide bonds. The van der Waals surface area contributed by atoms with Crippen molar-refractivity contribution in [3.63, 3.8) is 0 Å². The van der Waals surface area contributed by atoms with Crippen LogP contribution in [0.1, 0.15) is 27.7 Å². The summed E-state index contributed by atoms with van der Waals surface area (Å²) in [7, 11) is -6.77. The molecule has 9 heteroatoms. The molecule has 1 unspecified atom stereocenters. The van der Waals surface area contributed by atoms with Crippen molar-refractivity contribution in [1.29, 1.82) is 0 Å². The molecule has 0 aromatic carbocycles. The quantitative estimate of drug-likeness (QED) is 0.663. The van der Waals surface area contributed by atoms with E-state index >= 15 is 0 Å². The van der Waals surface area contributed by atoms with Crippen LogP contribution < -0.4 is 0 Å². The fourth-order valence-corrected chi connectivity index (χ4v) is 8.38. The van der Waals surface area contributed by atoms with E-state index in [0.29, 0.717) is 5.70 Å². The third-order valence-corrected chi connectivity index (χ3v) is 9.02. The second-order valence-corrected chi connectivity index (χ2v) is 11.3. The minimum Gasteiger partial charge on any atom is -0.368 e. The summed E-state index contributed by atoms with van der Waals surface area (Å²) in [5, 5.41) is -1.28. The number of hydrogen-bond donors (Lipinski definition) is 0. The minimum atomic E-state index is -4.12. The Balaban J connectivity index is 2.82. The molecule has 0 N–H and O–H groups in total. The van der Waals surface area contributed by atoms with Gasteiger partial charge in [-0.1, -0.05) is 20.8 Å². The highest BCUT2D eigenvalue weighted by molar-refractivity contribution is 8.09. The lowest BCUT2D eigenvalue weighted by molar-refractivity contribution is -0.160. The Morgan fingerprint density at radius 3 is 2.09 bits per heavy atom. The predicted octanol–water partition coefficient (Wildman–Crippen LogP) is 0.289. The van der Waals surface area contributed by atoms with Gasteiger partial charge in [-0.3, -0.25) is 9.69 Å². The van der Waals surface area contributed by atoms with E-state index in [9.17, 15) is 21.6 Å². The van der Waals surface area contributed by atoms with E-state index in [4.69, 9.17) is 4.74 Å². The Bertz CT molecular complexity index is 757. The molecule has 2 aliphatic heterocycles. The molecule has 0 aliphatic carbocycles. The van der Waals surface area contributed by atoms with Crippen molar-refractivity contribution in [2.45, 2.75) is 43.8 Å². The number of methoxy groups -OCH3 is 1. The molecule has 3 atom stereocenters. The van der Waals surface area contributed by atoms with Crippen molar-refractivity contribution in [3.8, 4) is 0 Å². The topological polar surface area (TPSA) is 97.8 Å². The number of carbonyl (C=O) groups excluding carboxylic acids is 1. The molecular weight excluding hydrogens is 330 g/mol. The molecule has 7 nitrogen and oxygen atoms in total. The predicted molar refractivity (Wildman–Crippen MR) is 81.1 cm³/mol. The van der Waals surface area contributed by atoms with E-state index in [0.717, 1.165) is 6.26 Å². The first-order chi connectivity index (χ1) is 9.76. The van der Waals surface area contributed by atoms with Crippen molar-refractivity contribution in [1.82, 2.24) is 4.90 Å². The smallest absolute Gasteiger partial charge is 0.260 e. The molecule has 22 heavy (non-hydrogen) atoms. The average molecular weight is 351 g/mol. The summed E-state index contributed by atoms with van der Waals surface area (Å²) in [6.07, 6.45) is -0.253. The molecule has 2 rings (SSSR count). The Morgan fingerprint density at radius 2 is 1.73 bits per heavy atom. The van der Waals surface area contributed by atoms with Gasteiger partial charge in [0, 0.05) is 24.5 Å². The van der Waals surface area contributed by atoms with Gasteiger partial charge in [-0.2, -0.15) is 0 Å². The fraction of sp³-hybridized carbons (Fsp3) is 0.769. The number of sulfone groups is 2. The van der Waals surface area contributed by atoms with Crippen molar-refractivity contribution in [2.75, 3.05) is 13.4 Å². The van der Waals surface area contributed by atoms with Crippen LogP contribution in [0.2, 0.25) is 0 Å². The van der Waals surface area contributed by atoms with Gasteiger partial charge in [0.2, 0.25) is 0 Å². The maximum absolute atomic E-state index is 12.7. The molecule has 0 saturated carbocycles. The normalized spacial score (nSPS) is 31.8. The van der Waals surface area contributed by atoms with Crippen LogP contribution in [0.15, 0.2) is 11.3 Å². The number of hydrogen-bond acceptors (Lipinski definition) is 6. The summed E-state index contributed by atoms with van der Waals surface area (Å²) in [6, 6.07) is 0. The first-order valence-electron chi connectivity index (χ1n) is 6.75. The third-order valence-electron chi connectivity index (χ3n) is 3.95. The number of fused-ring (bicyclic) bond motifs is 1. The monoisotopic (exact) mass is 351 g/mol. The maximum Gasteiger partial charge on any atom is 0.260 e. The molecule has 0 spiro atoms. The second-order valence-electron chi connectivity index (χ2n) is 6.79. The number of carbonyl (C=O) groups is 1. The van der Waals surface area contributed by atoms with Crippen molar-refractivity contribution in [3.05, 3.63) is 11.3 Å². The average Bonchev–Trinajstić information content (AvgIpc) is 2.26. The zero-order chi connectivity index (χ0) is 17.2.